The van der Waals surface area contributed by atoms with Crippen molar-refractivity contribution in [2.45, 2.75) is 25.7 Å². The summed E-state index contributed by atoms with van der Waals surface area (Å²) in [5.74, 6) is 0.509. The summed E-state index contributed by atoms with van der Waals surface area (Å²) < 4.78 is 5.64. The third-order valence-electron chi connectivity index (χ3n) is 5.77. The van der Waals surface area contributed by atoms with Crippen molar-refractivity contribution in [3.8, 4) is 11.1 Å². The van der Waals surface area contributed by atoms with Crippen molar-refractivity contribution < 1.29 is 9.53 Å². The van der Waals surface area contributed by atoms with Gasteiger partial charge in [0.1, 0.15) is 6.61 Å². The lowest BCUT2D eigenvalue weighted by Crippen LogP contribution is -2.28. The van der Waals surface area contributed by atoms with Crippen LogP contribution in [-0.4, -0.2) is 37.1 Å². The number of rotatable bonds is 6. The van der Waals surface area contributed by atoms with Crippen LogP contribution in [0.3, 0.4) is 0 Å². The lowest BCUT2D eigenvalue weighted by Gasteiger charge is -2.18. The highest BCUT2D eigenvalue weighted by Gasteiger charge is 2.60. The first-order valence-electron chi connectivity index (χ1n) is 9.33. The summed E-state index contributed by atoms with van der Waals surface area (Å²) in [5.41, 5.74) is 5.16. The first-order valence-corrected chi connectivity index (χ1v) is 9.33. The van der Waals surface area contributed by atoms with Gasteiger partial charge in [0.25, 0.3) is 0 Å². The number of benzene rings is 2. The fourth-order valence-electron chi connectivity index (χ4n) is 4.36. The summed E-state index contributed by atoms with van der Waals surface area (Å²) in [6.45, 7) is 7.55. The molecular formula is C22H26ClNO2. The maximum Gasteiger partial charge on any atom is 0.310 e. The molecule has 4 heteroatoms. The van der Waals surface area contributed by atoms with Crippen molar-refractivity contribution >= 4 is 18.4 Å². The number of carbonyl (C=O) groups is 1. The van der Waals surface area contributed by atoms with Gasteiger partial charge in [-0.15, -0.1) is 12.4 Å². The highest BCUT2D eigenvalue weighted by molar-refractivity contribution is 5.87. The average Bonchev–Trinajstić information content (AvgIpc) is 3.42. The predicted molar refractivity (Wildman–Crippen MR) is 107 cm³/mol. The molecule has 2 aromatic carbocycles. The molecule has 0 heterocycles. The number of halogens is 1. The van der Waals surface area contributed by atoms with Gasteiger partial charge >= 0.3 is 5.97 Å². The van der Waals surface area contributed by atoms with E-state index in [1.165, 1.54) is 22.3 Å². The van der Waals surface area contributed by atoms with Gasteiger partial charge in [0.15, 0.2) is 0 Å². The quantitative estimate of drug-likeness (QED) is 0.701. The zero-order valence-corrected chi connectivity index (χ0v) is 16.2. The molecular weight excluding hydrogens is 346 g/mol. The first kappa shape index (κ1) is 18.9. The van der Waals surface area contributed by atoms with Crippen LogP contribution in [0.5, 0.6) is 0 Å². The summed E-state index contributed by atoms with van der Waals surface area (Å²) in [6.07, 6.45) is 0. The number of fused-ring (bicyclic) bond motifs is 6. The van der Waals surface area contributed by atoms with Crippen LogP contribution in [0.4, 0.5) is 0 Å². The zero-order valence-electron chi connectivity index (χ0n) is 15.4. The molecule has 26 heavy (non-hydrogen) atoms. The second-order valence-electron chi connectivity index (χ2n) is 6.95. The SMILES string of the molecule is CCN(CC)CCOC(=O)C1C2c3ccccc3-c3ccccc3C12.Cl. The number of ether oxygens (including phenoxy) is 1. The van der Waals surface area contributed by atoms with E-state index < -0.39 is 0 Å². The number of esters is 1. The van der Waals surface area contributed by atoms with Gasteiger partial charge in [0, 0.05) is 18.4 Å². The minimum absolute atomic E-state index is 0. The van der Waals surface area contributed by atoms with Crippen molar-refractivity contribution in [3.63, 3.8) is 0 Å². The Bertz CT molecular complexity index is 736. The molecule has 0 aliphatic heterocycles. The minimum atomic E-state index is -0.0336. The van der Waals surface area contributed by atoms with E-state index in [-0.39, 0.29) is 36.1 Å². The number of nitrogens with zero attached hydrogens (tertiary/aromatic N) is 1. The molecule has 138 valence electrons. The third kappa shape index (κ3) is 3.15. The minimum Gasteiger partial charge on any atom is -0.464 e. The number of carbonyl (C=O) groups excluding carboxylic acids is 1. The number of hydrogen-bond acceptors (Lipinski definition) is 3. The van der Waals surface area contributed by atoms with Gasteiger partial charge in [-0.2, -0.15) is 0 Å². The van der Waals surface area contributed by atoms with Crippen LogP contribution in [0.2, 0.25) is 0 Å². The molecule has 3 nitrogen and oxygen atoms in total. The molecule has 1 saturated carbocycles. The standard InChI is InChI=1S/C22H25NO2.ClH/c1-3-23(4-2)13-14-25-22(24)21-19-17-11-7-5-9-15(17)16-10-6-8-12-18(16)20(19)21;/h5-12,19-21H,3-4,13-14H2,1-2H3;1H. The van der Waals surface area contributed by atoms with Crippen molar-refractivity contribution in [2.24, 2.45) is 5.92 Å². The fourth-order valence-corrected chi connectivity index (χ4v) is 4.36. The Kier molecular flexibility index (Phi) is 5.69. The first-order chi connectivity index (χ1) is 12.3. The number of likely N-dealkylation sites (N-methyl/N-ethyl adjacent to an activating group) is 1. The molecule has 2 aromatic rings. The predicted octanol–water partition coefficient (Wildman–Crippen LogP) is 4.47. The Morgan fingerprint density at radius 3 is 1.92 bits per heavy atom. The second-order valence-corrected chi connectivity index (χ2v) is 6.95. The molecule has 1 fully saturated rings. The van der Waals surface area contributed by atoms with Crippen molar-refractivity contribution in [3.05, 3.63) is 59.7 Å². The van der Waals surface area contributed by atoms with Crippen LogP contribution in [0.25, 0.3) is 11.1 Å². The molecule has 2 unspecified atom stereocenters. The molecule has 0 aromatic heterocycles. The maximum atomic E-state index is 12.7. The van der Waals surface area contributed by atoms with Crippen LogP contribution >= 0.6 is 12.4 Å². The van der Waals surface area contributed by atoms with Crippen molar-refractivity contribution in [1.82, 2.24) is 4.90 Å². The third-order valence-corrected chi connectivity index (χ3v) is 5.77. The zero-order chi connectivity index (χ0) is 17.4. The van der Waals surface area contributed by atoms with E-state index >= 15 is 0 Å². The van der Waals surface area contributed by atoms with Gasteiger partial charge in [-0.1, -0.05) is 62.4 Å². The summed E-state index contributed by atoms with van der Waals surface area (Å²) in [4.78, 5) is 15.0. The molecule has 4 rings (SSSR count). The molecule has 0 bridgehead atoms. The summed E-state index contributed by atoms with van der Waals surface area (Å²) in [7, 11) is 0. The average molecular weight is 372 g/mol. The van der Waals surface area contributed by atoms with Crippen LogP contribution in [0, 0.1) is 5.92 Å². The van der Waals surface area contributed by atoms with E-state index in [2.05, 4.69) is 67.3 Å². The van der Waals surface area contributed by atoms with E-state index in [0.29, 0.717) is 6.61 Å². The molecule has 0 N–H and O–H groups in total. The Balaban J connectivity index is 0.00000196. The molecule has 0 spiro atoms. The van der Waals surface area contributed by atoms with Crippen LogP contribution < -0.4 is 0 Å². The van der Waals surface area contributed by atoms with Crippen molar-refractivity contribution in [2.75, 3.05) is 26.2 Å². The summed E-state index contributed by atoms with van der Waals surface area (Å²) in [5, 5.41) is 0. The topological polar surface area (TPSA) is 29.5 Å². The van der Waals surface area contributed by atoms with Crippen LogP contribution in [0.15, 0.2) is 48.5 Å². The van der Waals surface area contributed by atoms with Gasteiger partial charge in [-0.3, -0.25) is 4.79 Å². The van der Waals surface area contributed by atoms with E-state index in [0.717, 1.165) is 19.6 Å². The Hall–Kier alpha value is -1.84. The maximum absolute atomic E-state index is 12.7. The molecule has 0 saturated heterocycles. The summed E-state index contributed by atoms with van der Waals surface area (Å²) in [6, 6.07) is 17.0. The Morgan fingerprint density at radius 1 is 0.923 bits per heavy atom. The Morgan fingerprint density at radius 2 is 1.42 bits per heavy atom. The van der Waals surface area contributed by atoms with Gasteiger partial charge in [0.05, 0.1) is 5.92 Å². The van der Waals surface area contributed by atoms with E-state index in [1.807, 2.05) is 0 Å². The van der Waals surface area contributed by atoms with Gasteiger partial charge < -0.3 is 9.64 Å². The molecule has 0 amide bonds. The normalized spacial score (nSPS) is 21.9. The van der Waals surface area contributed by atoms with Crippen molar-refractivity contribution in [1.29, 1.82) is 0 Å². The lowest BCUT2D eigenvalue weighted by molar-refractivity contribution is -0.145. The highest BCUT2D eigenvalue weighted by Crippen LogP contribution is 2.66. The fraction of sp³-hybridized carbons (Fsp3) is 0.409. The lowest BCUT2D eigenvalue weighted by atomic mass is 9.86. The van der Waals surface area contributed by atoms with Gasteiger partial charge in [-0.25, -0.2) is 0 Å². The molecule has 2 aliphatic carbocycles. The van der Waals surface area contributed by atoms with Gasteiger partial charge in [-0.05, 0) is 35.3 Å². The second kappa shape index (κ2) is 7.81. The largest absolute Gasteiger partial charge is 0.464 e. The molecule has 2 atom stereocenters. The summed E-state index contributed by atoms with van der Waals surface area (Å²) >= 11 is 0. The molecule has 2 aliphatic rings. The van der Waals surface area contributed by atoms with E-state index in [9.17, 15) is 4.79 Å². The smallest absolute Gasteiger partial charge is 0.310 e. The van der Waals surface area contributed by atoms with E-state index in [1.54, 1.807) is 0 Å². The number of hydrogen-bond donors (Lipinski definition) is 0. The van der Waals surface area contributed by atoms with Crippen LogP contribution in [0.1, 0.15) is 36.8 Å². The highest BCUT2D eigenvalue weighted by atomic mass is 35.5. The van der Waals surface area contributed by atoms with E-state index in [4.69, 9.17) is 4.74 Å². The Labute approximate surface area is 161 Å². The van der Waals surface area contributed by atoms with Crippen LogP contribution in [-0.2, 0) is 9.53 Å². The molecule has 0 radical (unpaired) electrons. The van der Waals surface area contributed by atoms with Gasteiger partial charge in [0.2, 0.25) is 0 Å². The monoisotopic (exact) mass is 371 g/mol.